The van der Waals surface area contributed by atoms with Gasteiger partial charge in [0.1, 0.15) is 6.10 Å². The van der Waals surface area contributed by atoms with E-state index in [2.05, 4.69) is 5.32 Å². The maximum Gasteiger partial charge on any atom is 0.253 e. The van der Waals surface area contributed by atoms with Crippen molar-refractivity contribution >= 4 is 28.9 Å². The summed E-state index contributed by atoms with van der Waals surface area (Å²) >= 11 is 5.97. The Morgan fingerprint density at radius 3 is 3.00 bits per heavy atom. The van der Waals surface area contributed by atoms with Crippen LogP contribution in [0.4, 0.5) is 11.4 Å². The summed E-state index contributed by atoms with van der Waals surface area (Å²) in [4.78, 5) is 11.9. The lowest BCUT2D eigenvalue weighted by Gasteiger charge is -2.22. The Morgan fingerprint density at radius 2 is 2.29 bits per heavy atom. The van der Waals surface area contributed by atoms with Gasteiger partial charge < -0.3 is 15.8 Å². The van der Waals surface area contributed by atoms with Crippen molar-refractivity contribution in [1.29, 1.82) is 0 Å². The van der Waals surface area contributed by atoms with Crippen LogP contribution < -0.4 is 11.1 Å². The number of ether oxygens (including phenoxy) is 1. The van der Waals surface area contributed by atoms with E-state index in [4.69, 9.17) is 22.1 Å². The Morgan fingerprint density at radius 1 is 1.47 bits per heavy atom. The van der Waals surface area contributed by atoms with Gasteiger partial charge in [0.2, 0.25) is 0 Å². The SMILES string of the molecule is Nc1ccc(Cl)c(NC(=O)C2CCCCO2)c1. The minimum Gasteiger partial charge on any atom is -0.399 e. The largest absolute Gasteiger partial charge is 0.399 e. The first-order valence-corrected chi connectivity index (χ1v) is 6.02. The van der Waals surface area contributed by atoms with E-state index in [9.17, 15) is 4.79 Å². The van der Waals surface area contributed by atoms with E-state index in [1.54, 1.807) is 18.2 Å². The summed E-state index contributed by atoms with van der Waals surface area (Å²) in [6, 6.07) is 4.99. The highest BCUT2D eigenvalue weighted by Crippen LogP contribution is 2.25. The number of halogens is 1. The van der Waals surface area contributed by atoms with Crippen molar-refractivity contribution in [3.05, 3.63) is 23.2 Å². The minimum atomic E-state index is -0.374. The average Bonchev–Trinajstić information content (AvgIpc) is 2.35. The zero-order chi connectivity index (χ0) is 12.3. The quantitative estimate of drug-likeness (QED) is 0.797. The number of anilines is 2. The molecule has 4 nitrogen and oxygen atoms in total. The molecule has 92 valence electrons. The predicted octanol–water partition coefficient (Wildman–Crippen LogP) is 2.43. The van der Waals surface area contributed by atoms with Crippen LogP contribution in [0.25, 0.3) is 0 Å². The van der Waals surface area contributed by atoms with Crippen molar-refractivity contribution in [2.45, 2.75) is 25.4 Å². The predicted molar refractivity (Wildman–Crippen MR) is 68.1 cm³/mol. The zero-order valence-corrected chi connectivity index (χ0v) is 10.2. The third kappa shape index (κ3) is 3.11. The molecule has 1 atom stereocenters. The number of carbonyl (C=O) groups is 1. The molecular weight excluding hydrogens is 240 g/mol. The van der Waals surface area contributed by atoms with E-state index < -0.39 is 0 Å². The van der Waals surface area contributed by atoms with Gasteiger partial charge in [0.15, 0.2) is 0 Å². The molecule has 1 saturated heterocycles. The first kappa shape index (κ1) is 12.2. The number of amides is 1. The number of hydrogen-bond donors (Lipinski definition) is 2. The molecule has 0 radical (unpaired) electrons. The van der Waals surface area contributed by atoms with Crippen LogP contribution in [0.1, 0.15) is 19.3 Å². The number of nitrogen functional groups attached to an aromatic ring is 1. The van der Waals surface area contributed by atoms with Gasteiger partial charge in [0.25, 0.3) is 5.91 Å². The molecule has 0 aromatic heterocycles. The number of benzene rings is 1. The van der Waals surface area contributed by atoms with Gasteiger partial charge in [-0.05, 0) is 37.5 Å². The maximum absolute atomic E-state index is 11.9. The first-order valence-electron chi connectivity index (χ1n) is 5.64. The second-order valence-corrected chi connectivity index (χ2v) is 4.49. The second kappa shape index (κ2) is 5.38. The molecule has 0 spiro atoms. The minimum absolute atomic E-state index is 0.155. The van der Waals surface area contributed by atoms with E-state index in [0.717, 1.165) is 19.3 Å². The average molecular weight is 255 g/mol. The molecule has 0 bridgehead atoms. The molecule has 0 saturated carbocycles. The summed E-state index contributed by atoms with van der Waals surface area (Å²) in [5, 5.41) is 3.22. The van der Waals surface area contributed by atoms with Crippen molar-refractivity contribution < 1.29 is 9.53 Å². The van der Waals surface area contributed by atoms with Crippen LogP contribution >= 0.6 is 11.6 Å². The highest BCUT2D eigenvalue weighted by atomic mass is 35.5. The van der Waals surface area contributed by atoms with Crippen molar-refractivity contribution in [2.75, 3.05) is 17.7 Å². The Balaban J connectivity index is 2.04. The van der Waals surface area contributed by atoms with Crippen LogP contribution in [-0.4, -0.2) is 18.6 Å². The van der Waals surface area contributed by atoms with Crippen molar-refractivity contribution in [1.82, 2.24) is 0 Å². The Bertz CT molecular complexity index is 417. The van der Waals surface area contributed by atoms with Gasteiger partial charge in [0.05, 0.1) is 10.7 Å². The van der Waals surface area contributed by atoms with E-state index in [-0.39, 0.29) is 12.0 Å². The fourth-order valence-corrected chi connectivity index (χ4v) is 1.96. The van der Waals surface area contributed by atoms with Gasteiger partial charge in [-0.2, -0.15) is 0 Å². The topological polar surface area (TPSA) is 64.3 Å². The van der Waals surface area contributed by atoms with E-state index in [1.807, 2.05) is 0 Å². The fraction of sp³-hybridized carbons (Fsp3) is 0.417. The second-order valence-electron chi connectivity index (χ2n) is 4.08. The zero-order valence-electron chi connectivity index (χ0n) is 9.41. The van der Waals surface area contributed by atoms with Gasteiger partial charge in [0, 0.05) is 12.3 Å². The van der Waals surface area contributed by atoms with Gasteiger partial charge in [-0.3, -0.25) is 4.79 Å². The number of nitrogens with two attached hydrogens (primary N) is 1. The highest BCUT2D eigenvalue weighted by Gasteiger charge is 2.22. The lowest BCUT2D eigenvalue weighted by atomic mass is 10.1. The Kier molecular flexibility index (Phi) is 3.86. The van der Waals surface area contributed by atoms with E-state index in [1.165, 1.54) is 0 Å². The molecule has 1 fully saturated rings. The molecule has 3 N–H and O–H groups in total. The van der Waals surface area contributed by atoms with Crippen molar-refractivity contribution in [2.24, 2.45) is 0 Å². The first-order chi connectivity index (χ1) is 8.16. The number of nitrogens with one attached hydrogen (secondary N) is 1. The number of carbonyl (C=O) groups excluding carboxylic acids is 1. The molecule has 0 aliphatic carbocycles. The lowest BCUT2D eigenvalue weighted by Crippen LogP contribution is -2.33. The Hall–Kier alpha value is -1.26. The molecule has 1 unspecified atom stereocenters. The lowest BCUT2D eigenvalue weighted by molar-refractivity contribution is -0.129. The molecule has 2 rings (SSSR count). The fourth-order valence-electron chi connectivity index (χ4n) is 1.80. The van der Waals surface area contributed by atoms with Gasteiger partial charge >= 0.3 is 0 Å². The van der Waals surface area contributed by atoms with Gasteiger partial charge in [-0.15, -0.1) is 0 Å². The van der Waals surface area contributed by atoms with Crippen LogP contribution in [0.2, 0.25) is 5.02 Å². The van der Waals surface area contributed by atoms with Crippen LogP contribution in [0.15, 0.2) is 18.2 Å². The maximum atomic E-state index is 11.9. The molecule has 1 aromatic rings. The van der Waals surface area contributed by atoms with Gasteiger partial charge in [-0.25, -0.2) is 0 Å². The van der Waals surface area contributed by atoms with Crippen LogP contribution in [-0.2, 0) is 9.53 Å². The summed E-state index contributed by atoms with van der Waals surface area (Å²) < 4.78 is 5.40. The van der Waals surface area contributed by atoms with Gasteiger partial charge in [-0.1, -0.05) is 11.6 Å². The van der Waals surface area contributed by atoms with Crippen LogP contribution in [0, 0.1) is 0 Å². The van der Waals surface area contributed by atoms with E-state index in [0.29, 0.717) is 23.0 Å². The highest BCUT2D eigenvalue weighted by molar-refractivity contribution is 6.33. The third-order valence-corrected chi connectivity index (χ3v) is 3.05. The smallest absolute Gasteiger partial charge is 0.253 e. The normalized spacial score (nSPS) is 19.9. The molecule has 1 amide bonds. The molecule has 17 heavy (non-hydrogen) atoms. The number of hydrogen-bond acceptors (Lipinski definition) is 3. The summed E-state index contributed by atoms with van der Waals surface area (Å²) in [7, 11) is 0. The summed E-state index contributed by atoms with van der Waals surface area (Å²) in [6.45, 7) is 0.642. The Labute approximate surface area is 105 Å². The third-order valence-electron chi connectivity index (χ3n) is 2.72. The summed E-state index contributed by atoms with van der Waals surface area (Å²) in [5.74, 6) is -0.155. The monoisotopic (exact) mass is 254 g/mol. The molecule has 1 aromatic carbocycles. The molecule has 1 heterocycles. The van der Waals surface area contributed by atoms with Crippen LogP contribution in [0.3, 0.4) is 0 Å². The van der Waals surface area contributed by atoms with Crippen molar-refractivity contribution in [3.8, 4) is 0 Å². The van der Waals surface area contributed by atoms with Crippen LogP contribution in [0.5, 0.6) is 0 Å². The number of rotatable bonds is 2. The summed E-state index contributed by atoms with van der Waals surface area (Å²) in [6.07, 6.45) is 2.42. The standard InChI is InChI=1S/C12H15ClN2O2/c13-9-5-4-8(14)7-10(9)15-12(16)11-3-1-2-6-17-11/h4-5,7,11H,1-3,6,14H2,(H,15,16). The van der Waals surface area contributed by atoms with E-state index >= 15 is 0 Å². The summed E-state index contributed by atoms with van der Waals surface area (Å²) in [5.41, 5.74) is 6.74. The molecule has 1 aliphatic rings. The molecule has 1 aliphatic heterocycles. The molecular formula is C12H15ClN2O2. The van der Waals surface area contributed by atoms with Crippen molar-refractivity contribution in [3.63, 3.8) is 0 Å². The molecule has 5 heteroatoms.